The van der Waals surface area contributed by atoms with Crippen LogP contribution in [0.2, 0.25) is 0 Å². The van der Waals surface area contributed by atoms with Gasteiger partial charge in [-0.05, 0) is 32.0 Å². The topological polar surface area (TPSA) is 82.8 Å². The van der Waals surface area contributed by atoms with Crippen molar-refractivity contribution in [2.45, 2.75) is 12.8 Å². The van der Waals surface area contributed by atoms with Gasteiger partial charge in [0.25, 0.3) is 5.91 Å². The highest BCUT2D eigenvalue weighted by atomic mass is 16.4. The second kappa shape index (κ2) is 5.88. The number of furan rings is 1. The molecule has 0 bridgehead atoms. The van der Waals surface area contributed by atoms with Crippen molar-refractivity contribution >= 4 is 11.9 Å². The molecule has 0 aliphatic carbocycles. The Labute approximate surface area is 111 Å². The second-order valence-corrected chi connectivity index (χ2v) is 4.95. The number of carboxylic acid groups (broad SMARTS) is 1. The Kier molecular flexibility index (Phi) is 4.21. The summed E-state index contributed by atoms with van der Waals surface area (Å²) >= 11 is 0. The lowest BCUT2D eigenvalue weighted by Gasteiger charge is -2.11. The fourth-order valence-corrected chi connectivity index (χ4v) is 2.34. The third-order valence-electron chi connectivity index (χ3n) is 3.34. The monoisotopic (exact) mass is 266 g/mol. The van der Waals surface area contributed by atoms with E-state index in [4.69, 9.17) is 9.52 Å². The van der Waals surface area contributed by atoms with Gasteiger partial charge in [0.2, 0.25) is 0 Å². The summed E-state index contributed by atoms with van der Waals surface area (Å²) in [5, 5.41) is 11.6. The molecule has 0 saturated carbocycles. The summed E-state index contributed by atoms with van der Waals surface area (Å²) in [7, 11) is 2.06. The molecule has 0 spiro atoms. The molecule has 19 heavy (non-hydrogen) atoms. The Morgan fingerprint density at radius 3 is 3.00 bits per heavy atom. The first-order chi connectivity index (χ1) is 9.06. The predicted molar refractivity (Wildman–Crippen MR) is 68.0 cm³/mol. The molecule has 1 atom stereocenters. The van der Waals surface area contributed by atoms with E-state index in [-0.39, 0.29) is 18.1 Å². The third-order valence-corrected chi connectivity index (χ3v) is 3.34. The molecule has 2 heterocycles. The molecule has 104 valence electrons. The smallest absolute Gasteiger partial charge is 0.311 e. The maximum absolute atomic E-state index is 12.0. The van der Waals surface area contributed by atoms with Gasteiger partial charge < -0.3 is 19.7 Å². The highest BCUT2D eigenvalue weighted by molar-refractivity contribution is 5.95. The lowest BCUT2D eigenvalue weighted by molar-refractivity contribution is -0.136. The van der Waals surface area contributed by atoms with Crippen molar-refractivity contribution < 1.29 is 19.1 Å². The SMILES string of the molecule is CN1CCC(CNC(=O)c2ccoc2CC(=O)O)C1. The number of likely N-dealkylation sites (tertiary alicyclic amines) is 1. The van der Waals surface area contributed by atoms with Crippen molar-refractivity contribution in [1.29, 1.82) is 0 Å². The van der Waals surface area contributed by atoms with E-state index >= 15 is 0 Å². The molecular weight excluding hydrogens is 248 g/mol. The zero-order chi connectivity index (χ0) is 13.8. The van der Waals surface area contributed by atoms with Crippen molar-refractivity contribution in [1.82, 2.24) is 10.2 Å². The van der Waals surface area contributed by atoms with Gasteiger partial charge in [-0.15, -0.1) is 0 Å². The van der Waals surface area contributed by atoms with Crippen LogP contribution in [0, 0.1) is 5.92 Å². The first-order valence-electron chi connectivity index (χ1n) is 6.31. The van der Waals surface area contributed by atoms with E-state index in [9.17, 15) is 9.59 Å². The quantitative estimate of drug-likeness (QED) is 0.815. The highest BCUT2D eigenvalue weighted by Gasteiger charge is 2.21. The van der Waals surface area contributed by atoms with Crippen LogP contribution in [0.3, 0.4) is 0 Å². The number of carbonyl (C=O) groups excluding carboxylic acids is 1. The molecule has 6 heteroatoms. The van der Waals surface area contributed by atoms with Crippen LogP contribution in [-0.2, 0) is 11.2 Å². The minimum Gasteiger partial charge on any atom is -0.481 e. The first kappa shape index (κ1) is 13.6. The lowest BCUT2D eigenvalue weighted by Crippen LogP contribution is -2.30. The fourth-order valence-electron chi connectivity index (χ4n) is 2.34. The molecule has 6 nitrogen and oxygen atoms in total. The van der Waals surface area contributed by atoms with Crippen molar-refractivity contribution in [3.8, 4) is 0 Å². The number of nitrogens with zero attached hydrogens (tertiary/aromatic N) is 1. The van der Waals surface area contributed by atoms with Gasteiger partial charge in [-0.25, -0.2) is 0 Å². The standard InChI is InChI=1S/C13H18N2O4/c1-15-4-2-9(8-15)7-14-13(18)10-3-5-19-11(10)6-12(16)17/h3,5,9H,2,4,6-8H2,1H3,(H,14,18)(H,16,17). The highest BCUT2D eigenvalue weighted by Crippen LogP contribution is 2.14. The van der Waals surface area contributed by atoms with Crippen LogP contribution in [-0.4, -0.2) is 48.6 Å². The summed E-state index contributed by atoms with van der Waals surface area (Å²) in [5.41, 5.74) is 0.314. The minimum absolute atomic E-state index is 0.202. The molecule has 1 fully saturated rings. The molecule has 0 radical (unpaired) electrons. The van der Waals surface area contributed by atoms with E-state index in [1.807, 2.05) is 0 Å². The number of hydrogen-bond donors (Lipinski definition) is 2. The first-order valence-corrected chi connectivity index (χ1v) is 6.31. The van der Waals surface area contributed by atoms with Gasteiger partial charge in [-0.1, -0.05) is 0 Å². The van der Waals surface area contributed by atoms with Crippen molar-refractivity contribution in [3.63, 3.8) is 0 Å². The molecule has 1 amide bonds. The summed E-state index contributed by atoms with van der Waals surface area (Å²) in [6.07, 6.45) is 2.14. The van der Waals surface area contributed by atoms with Gasteiger partial charge in [0, 0.05) is 13.1 Å². The Bertz CT molecular complexity index is 469. The van der Waals surface area contributed by atoms with Crippen molar-refractivity contribution in [2.24, 2.45) is 5.92 Å². The molecule has 1 aromatic heterocycles. The van der Waals surface area contributed by atoms with Crippen molar-refractivity contribution in [2.75, 3.05) is 26.7 Å². The van der Waals surface area contributed by atoms with E-state index in [1.54, 1.807) is 0 Å². The van der Waals surface area contributed by atoms with Crippen LogP contribution in [0.25, 0.3) is 0 Å². The van der Waals surface area contributed by atoms with Crippen LogP contribution in [0.5, 0.6) is 0 Å². The molecular formula is C13H18N2O4. The van der Waals surface area contributed by atoms with Crippen LogP contribution in [0.4, 0.5) is 0 Å². The number of carbonyl (C=O) groups is 2. The summed E-state index contributed by atoms with van der Waals surface area (Å²) in [4.78, 5) is 24.8. The molecule has 1 saturated heterocycles. The molecule has 2 rings (SSSR count). The molecule has 0 aromatic carbocycles. The summed E-state index contributed by atoms with van der Waals surface area (Å²) in [6, 6.07) is 1.51. The average Bonchev–Trinajstić information content (AvgIpc) is 2.94. The van der Waals surface area contributed by atoms with Gasteiger partial charge in [0.15, 0.2) is 0 Å². The van der Waals surface area contributed by atoms with Crippen LogP contribution in [0.15, 0.2) is 16.7 Å². The van der Waals surface area contributed by atoms with Gasteiger partial charge in [0.1, 0.15) is 12.2 Å². The second-order valence-electron chi connectivity index (χ2n) is 4.95. The van der Waals surface area contributed by atoms with Crippen molar-refractivity contribution in [3.05, 3.63) is 23.7 Å². The molecule has 1 aromatic rings. The average molecular weight is 266 g/mol. The maximum atomic E-state index is 12.0. The summed E-state index contributed by atoms with van der Waals surface area (Å²) < 4.78 is 5.04. The number of hydrogen-bond acceptors (Lipinski definition) is 4. The number of carboxylic acids is 1. The Morgan fingerprint density at radius 2 is 2.37 bits per heavy atom. The molecule has 2 N–H and O–H groups in total. The number of aliphatic carboxylic acids is 1. The largest absolute Gasteiger partial charge is 0.481 e. The zero-order valence-electron chi connectivity index (χ0n) is 10.9. The van der Waals surface area contributed by atoms with Gasteiger partial charge in [-0.3, -0.25) is 9.59 Å². The van der Waals surface area contributed by atoms with Gasteiger partial charge in [0.05, 0.1) is 11.8 Å². The molecule has 1 unspecified atom stereocenters. The van der Waals surface area contributed by atoms with Crippen LogP contribution in [0.1, 0.15) is 22.5 Å². The third kappa shape index (κ3) is 3.57. The number of amides is 1. The van der Waals surface area contributed by atoms with E-state index in [1.165, 1.54) is 12.3 Å². The van der Waals surface area contributed by atoms with E-state index in [0.29, 0.717) is 18.0 Å². The van der Waals surface area contributed by atoms with E-state index < -0.39 is 5.97 Å². The van der Waals surface area contributed by atoms with E-state index in [0.717, 1.165) is 19.5 Å². The Balaban J connectivity index is 1.89. The zero-order valence-corrected chi connectivity index (χ0v) is 10.9. The van der Waals surface area contributed by atoms with Gasteiger partial charge >= 0.3 is 5.97 Å². The van der Waals surface area contributed by atoms with Gasteiger partial charge in [-0.2, -0.15) is 0 Å². The fraction of sp³-hybridized carbons (Fsp3) is 0.538. The van der Waals surface area contributed by atoms with Crippen LogP contribution < -0.4 is 5.32 Å². The number of rotatable bonds is 5. The summed E-state index contributed by atoms with van der Waals surface area (Å²) in [5.74, 6) is -0.613. The van der Waals surface area contributed by atoms with Crippen LogP contribution >= 0.6 is 0 Å². The Hall–Kier alpha value is -1.82. The lowest BCUT2D eigenvalue weighted by atomic mass is 10.1. The minimum atomic E-state index is -1.01. The molecule has 1 aliphatic heterocycles. The number of nitrogens with one attached hydrogen (secondary N) is 1. The summed E-state index contributed by atoms with van der Waals surface area (Å²) in [6.45, 7) is 2.64. The predicted octanol–water partition coefficient (Wildman–Crippen LogP) is 0.588. The van der Waals surface area contributed by atoms with E-state index in [2.05, 4.69) is 17.3 Å². The maximum Gasteiger partial charge on any atom is 0.311 e. The molecule has 1 aliphatic rings. The normalized spacial score (nSPS) is 19.5. The Morgan fingerprint density at radius 1 is 1.58 bits per heavy atom.